The maximum atomic E-state index is 12.8. The summed E-state index contributed by atoms with van der Waals surface area (Å²) >= 11 is 5.74. The van der Waals surface area contributed by atoms with Crippen LogP contribution < -0.4 is 5.32 Å². The molecule has 1 amide bonds. The number of carbonyl (C=O) groups is 1. The number of halogens is 4. The number of anilines is 1. The number of hydrogen-bond acceptors (Lipinski definition) is 2. The third kappa shape index (κ3) is 4.02. The van der Waals surface area contributed by atoms with Crippen molar-refractivity contribution in [2.45, 2.75) is 13.1 Å². The van der Waals surface area contributed by atoms with E-state index < -0.39 is 11.7 Å². The average molecular weight is 295 g/mol. The topological polar surface area (TPSA) is 32.3 Å². The molecule has 106 valence electrons. The Balaban J connectivity index is 2.92. The molecule has 1 N–H and O–H groups in total. The van der Waals surface area contributed by atoms with Gasteiger partial charge in [0.25, 0.3) is 0 Å². The van der Waals surface area contributed by atoms with E-state index >= 15 is 0 Å². The molecule has 1 rings (SSSR count). The summed E-state index contributed by atoms with van der Waals surface area (Å²) in [6, 6.07) is 3.48. The molecule has 0 unspecified atom stereocenters. The largest absolute Gasteiger partial charge is 0.418 e. The van der Waals surface area contributed by atoms with Crippen LogP contribution in [0.15, 0.2) is 18.2 Å². The number of benzene rings is 1. The van der Waals surface area contributed by atoms with Gasteiger partial charge in [-0.1, -0.05) is 17.7 Å². The van der Waals surface area contributed by atoms with Crippen molar-refractivity contribution in [1.29, 1.82) is 0 Å². The minimum Gasteiger partial charge on any atom is -0.374 e. The summed E-state index contributed by atoms with van der Waals surface area (Å²) in [5, 5.41) is 2.39. The molecule has 0 radical (unpaired) electrons. The highest BCUT2D eigenvalue weighted by Crippen LogP contribution is 2.38. The number of alkyl halides is 3. The molecule has 0 saturated carbocycles. The zero-order valence-electron chi connectivity index (χ0n) is 10.5. The molecule has 0 bridgehead atoms. The molecule has 1 aromatic rings. The number of nitrogens with zero attached hydrogens (tertiary/aromatic N) is 1. The van der Waals surface area contributed by atoms with Crippen LogP contribution in [-0.4, -0.2) is 30.9 Å². The van der Waals surface area contributed by atoms with Gasteiger partial charge < -0.3 is 10.2 Å². The standard InChI is InChI=1S/C12H14ClF3N2O/c1-3-18(2)10(19)7-17-11-8(12(14,15)16)5-4-6-9(11)13/h4-6,17H,3,7H2,1-2H3. The Hall–Kier alpha value is -1.43. The second kappa shape index (κ2) is 6.14. The van der Waals surface area contributed by atoms with Gasteiger partial charge in [-0.2, -0.15) is 13.2 Å². The molecule has 0 heterocycles. The highest BCUT2D eigenvalue weighted by molar-refractivity contribution is 6.33. The minimum absolute atomic E-state index is 0.0678. The lowest BCUT2D eigenvalue weighted by Gasteiger charge is -2.18. The molecule has 0 aliphatic rings. The van der Waals surface area contributed by atoms with Gasteiger partial charge in [-0.25, -0.2) is 0 Å². The van der Waals surface area contributed by atoms with Crippen molar-refractivity contribution in [2.75, 3.05) is 25.5 Å². The normalized spacial score (nSPS) is 11.3. The van der Waals surface area contributed by atoms with Crippen molar-refractivity contribution in [3.63, 3.8) is 0 Å². The maximum Gasteiger partial charge on any atom is 0.418 e. The van der Waals surface area contributed by atoms with Crippen molar-refractivity contribution in [3.05, 3.63) is 28.8 Å². The lowest BCUT2D eigenvalue weighted by molar-refractivity contribution is -0.137. The summed E-state index contributed by atoms with van der Waals surface area (Å²) in [5.74, 6) is -0.310. The van der Waals surface area contributed by atoms with Crippen LogP contribution in [0.4, 0.5) is 18.9 Å². The second-order valence-electron chi connectivity index (χ2n) is 3.92. The minimum atomic E-state index is -4.52. The van der Waals surface area contributed by atoms with E-state index in [-0.39, 0.29) is 23.2 Å². The number of likely N-dealkylation sites (N-methyl/N-ethyl adjacent to an activating group) is 1. The zero-order valence-corrected chi connectivity index (χ0v) is 11.3. The molecule has 0 aromatic heterocycles. The van der Waals surface area contributed by atoms with E-state index in [1.54, 1.807) is 14.0 Å². The van der Waals surface area contributed by atoms with E-state index in [9.17, 15) is 18.0 Å². The predicted octanol–water partition coefficient (Wildman–Crippen LogP) is 3.25. The van der Waals surface area contributed by atoms with Crippen LogP contribution in [0.25, 0.3) is 0 Å². The van der Waals surface area contributed by atoms with Crippen molar-refractivity contribution >= 4 is 23.2 Å². The van der Waals surface area contributed by atoms with E-state index in [0.29, 0.717) is 6.54 Å². The highest BCUT2D eigenvalue weighted by Gasteiger charge is 2.34. The zero-order chi connectivity index (χ0) is 14.6. The summed E-state index contributed by atoms with van der Waals surface area (Å²) in [6.07, 6.45) is -4.52. The molecular formula is C12H14ClF3N2O. The highest BCUT2D eigenvalue weighted by atomic mass is 35.5. The summed E-state index contributed by atoms with van der Waals surface area (Å²) in [6.45, 7) is 2.01. The fraction of sp³-hybridized carbons (Fsp3) is 0.417. The van der Waals surface area contributed by atoms with Gasteiger partial charge in [0.05, 0.1) is 22.8 Å². The first-order valence-electron chi connectivity index (χ1n) is 5.61. The van der Waals surface area contributed by atoms with Crippen LogP contribution in [0.1, 0.15) is 12.5 Å². The molecule has 0 saturated heterocycles. The van der Waals surface area contributed by atoms with Crippen LogP contribution >= 0.6 is 11.6 Å². The van der Waals surface area contributed by atoms with Gasteiger partial charge in [-0.3, -0.25) is 4.79 Å². The quantitative estimate of drug-likeness (QED) is 0.924. The summed E-state index contributed by atoms with van der Waals surface area (Å²) in [7, 11) is 1.57. The molecule has 0 aliphatic heterocycles. The second-order valence-corrected chi connectivity index (χ2v) is 4.33. The smallest absolute Gasteiger partial charge is 0.374 e. The maximum absolute atomic E-state index is 12.8. The Morgan fingerprint density at radius 3 is 2.58 bits per heavy atom. The molecule has 19 heavy (non-hydrogen) atoms. The van der Waals surface area contributed by atoms with Gasteiger partial charge in [0, 0.05) is 13.6 Å². The number of amides is 1. The van der Waals surface area contributed by atoms with Gasteiger partial charge in [0.15, 0.2) is 0 Å². The number of nitrogens with one attached hydrogen (secondary N) is 1. The Kier molecular flexibility index (Phi) is 5.05. The van der Waals surface area contributed by atoms with Gasteiger partial charge in [-0.05, 0) is 19.1 Å². The Bertz CT molecular complexity index is 463. The van der Waals surface area contributed by atoms with Gasteiger partial charge >= 0.3 is 6.18 Å². The number of para-hydroxylation sites is 1. The van der Waals surface area contributed by atoms with Crippen LogP contribution in [0.3, 0.4) is 0 Å². The van der Waals surface area contributed by atoms with Crippen LogP contribution in [-0.2, 0) is 11.0 Å². The lowest BCUT2D eigenvalue weighted by Crippen LogP contribution is -2.32. The molecular weight excluding hydrogens is 281 g/mol. The summed E-state index contributed by atoms with van der Waals surface area (Å²) in [5.41, 5.74) is -1.15. The average Bonchev–Trinajstić information content (AvgIpc) is 2.34. The van der Waals surface area contributed by atoms with Gasteiger partial charge in [0.1, 0.15) is 0 Å². The van der Waals surface area contributed by atoms with E-state index in [1.807, 2.05) is 0 Å². The molecule has 3 nitrogen and oxygen atoms in total. The molecule has 0 fully saturated rings. The first-order chi connectivity index (χ1) is 8.77. The molecule has 7 heteroatoms. The monoisotopic (exact) mass is 294 g/mol. The van der Waals surface area contributed by atoms with E-state index in [0.717, 1.165) is 6.07 Å². The number of hydrogen-bond donors (Lipinski definition) is 1. The lowest BCUT2D eigenvalue weighted by atomic mass is 10.1. The molecule has 1 aromatic carbocycles. The van der Waals surface area contributed by atoms with Crippen LogP contribution in [0, 0.1) is 0 Å². The summed E-state index contributed by atoms with van der Waals surface area (Å²) < 4.78 is 38.4. The van der Waals surface area contributed by atoms with Crippen molar-refractivity contribution in [3.8, 4) is 0 Å². The molecule has 0 atom stereocenters. The van der Waals surface area contributed by atoms with E-state index in [2.05, 4.69) is 5.32 Å². The first-order valence-corrected chi connectivity index (χ1v) is 5.98. The third-order valence-electron chi connectivity index (χ3n) is 2.64. The van der Waals surface area contributed by atoms with E-state index in [4.69, 9.17) is 11.6 Å². The van der Waals surface area contributed by atoms with Gasteiger partial charge in [-0.15, -0.1) is 0 Å². The Labute approximate surface area is 114 Å². The van der Waals surface area contributed by atoms with Crippen molar-refractivity contribution in [2.24, 2.45) is 0 Å². The predicted molar refractivity (Wildman–Crippen MR) is 68.3 cm³/mol. The molecule has 0 spiro atoms. The summed E-state index contributed by atoms with van der Waals surface area (Å²) in [4.78, 5) is 13.0. The van der Waals surface area contributed by atoms with E-state index in [1.165, 1.54) is 17.0 Å². The fourth-order valence-electron chi connectivity index (χ4n) is 1.42. The van der Waals surface area contributed by atoms with Crippen LogP contribution in [0.2, 0.25) is 5.02 Å². The first kappa shape index (κ1) is 15.6. The Morgan fingerprint density at radius 2 is 2.05 bits per heavy atom. The molecule has 0 aliphatic carbocycles. The van der Waals surface area contributed by atoms with Crippen molar-refractivity contribution < 1.29 is 18.0 Å². The van der Waals surface area contributed by atoms with Crippen molar-refractivity contribution in [1.82, 2.24) is 4.90 Å². The fourth-order valence-corrected chi connectivity index (χ4v) is 1.66. The SMILES string of the molecule is CCN(C)C(=O)CNc1c(Cl)cccc1C(F)(F)F. The van der Waals surface area contributed by atoms with Crippen LogP contribution in [0.5, 0.6) is 0 Å². The number of rotatable bonds is 4. The Morgan fingerprint density at radius 1 is 1.42 bits per heavy atom. The number of carbonyl (C=O) groups excluding carboxylic acids is 1. The van der Waals surface area contributed by atoms with Gasteiger partial charge in [0.2, 0.25) is 5.91 Å². The third-order valence-corrected chi connectivity index (χ3v) is 2.95.